The van der Waals surface area contributed by atoms with Crippen molar-refractivity contribution in [3.8, 4) is 0 Å². The van der Waals surface area contributed by atoms with Gasteiger partial charge in [0.2, 0.25) is 0 Å². The van der Waals surface area contributed by atoms with Gasteiger partial charge in [-0.25, -0.2) is 4.98 Å². The third-order valence-corrected chi connectivity index (χ3v) is 9.88. The summed E-state index contributed by atoms with van der Waals surface area (Å²) in [5.41, 5.74) is 3.63. The van der Waals surface area contributed by atoms with Crippen LogP contribution in [-0.4, -0.2) is 69.2 Å². The van der Waals surface area contributed by atoms with E-state index in [4.69, 9.17) is 4.98 Å². The van der Waals surface area contributed by atoms with Gasteiger partial charge >= 0.3 is 5.97 Å². The second-order valence-electron chi connectivity index (χ2n) is 12.3. The van der Waals surface area contributed by atoms with Gasteiger partial charge in [0.15, 0.2) is 0 Å². The molecule has 2 aromatic carbocycles. The number of hydrogen-bond donors (Lipinski definition) is 1. The molecule has 2 saturated heterocycles. The largest absolute Gasteiger partial charge is 0.480 e. The van der Waals surface area contributed by atoms with E-state index in [2.05, 4.69) is 75.5 Å². The first-order chi connectivity index (χ1) is 19.6. The van der Waals surface area contributed by atoms with Crippen molar-refractivity contribution >= 4 is 17.0 Å². The summed E-state index contributed by atoms with van der Waals surface area (Å²) in [6.07, 6.45) is 9.88. The Bertz CT molecular complexity index is 1290. The fourth-order valence-corrected chi connectivity index (χ4v) is 7.93. The molecular formula is C34H44N4O2. The van der Waals surface area contributed by atoms with Crippen molar-refractivity contribution in [2.24, 2.45) is 11.8 Å². The number of piperidine rings is 1. The summed E-state index contributed by atoms with van der Waals surface area (Å²) in [4.78, 5) is 22.6. The Morgan fingerprint density at radius 2 is 1.70 bits per heavy atom. The van der Waals surface area contributed by atoms with Crippen molar-refractivity contribution in [1.82, 2.24) is 19.4 Å². The van der Waals surface area contributed by atoms with E-state index in [1.165, 1.54) is 36.2 Å². The molecule has 3 aromatic rings. The lowest BCUT2D eigenvalue weighted by Gasteiger charge is -2.35. The van der Waals surface area contributed by atoms with Crippen molar-refractivity contribution in [3.63, 3.8) is 0 Å². The maximum Gasteiger partial charge on any atom is 0.321 e. The number of para-hydroxylation sites is 2. The molecule has 3 atom stereocenters. The van der Waals surface area contributed by atoms with Gasteiger partial charge in [0.05, 0.1) is 11.0 Å². The summed E-state index contributed by atoms with van der Waals surface area (Å²) in [6.45, 7) is 9.66. The molecule has 0 amide bonds. The molecule has 40 heavy (non-hydrogen) atoms. The Kier molecular flexibility index (Phi) is 8.35. The molecule has 0 bridgehead atoms. The molecule has 6 rings (SSSR count). The predicted octanol–water partition coefficient (Wildman–Crippen LogP) is 6.15. The number of carbonyl (C=O) groups is 1. The Hall–Kier alpha value is -2.96. The predicted molar refractivity (Wildman–Crippen MR) is 161 cm³/mol. The molecule has 0 spiro atoms. The number of likely N-dealkylation sites (tertiary alicyclic amines) is 2. The number of nitrogens with zero attached hydrogens (tertiary/aromatic N) is 4. The third kappa shape index (κ3) is 5.61. The first-order valence-corrected chi connectivity index (χ1v) is 15.4. The number of hydrogen-bond acceptors (Lipinski definition) is 4. The maximum atomic E-state index is 12.6. The summed E-state index contributed by atoms with van der Waals surface area (Å²) in [5.74, 6) is 2.13. The van der Waals surface area contributed by atoms with Crippen LogP contribution in [0.1, 0.15) is 68.2 Å². The number of fused-ring (bicyclic) bond motifs is 1. The molecule has 1 aromatic heterocycles. The summed E-state index contributed by atoms with van der Waals surface area (Å²) in [5, 5.41) is 10.3. The van der Waals surface area contributed by atoms with E-state index in [0.29, 0.717) is 17.8 Å². The Balaban J connectivity index is 1.16. The minimum absolute atomic E-state index is 0.284. The van der Waals surface area contributed by atoms with Crippen LogP contribution in [0.2, 0.25) is 0 Å². The van der Waals surface area contributed by atoms with Gasteiger partial charge in [-0.1, -0.05) is 67.8 Å². The number of imidazole rings is 1. The maximum absolute atomic E-state index is 12.6. The molecule has 212 valence electrons. The van der Waals surface area contributed by atoms with Crippen LogP contribution in [0.5, 0.6) is 0 Å². The lowest BCUT2D eigenvalue weighted by molar-refractivity contribution is -0.145. The number of benzene rings is 2. The van der Waals surface area contributed by atoms with Gasteiger partial charge < -0.3 is 14.6 Å². The Labute approximate surface area is 238 Å². The van der Waals surface area contributed by atoms with Gasteiger partial charge in [0, 0.05) is 38.0 Å². The zero-order chi connectivity index (χ0) is 27.5. The molecule has 1 saturated carbocycles. The first-order valence-electron chi connectivity index (χ1n) is 15.4. The van der Waals surface area contributed by atoms with E-state index in [-0.39, 0.29) is 12.0 Å². The fourth-order valence-electron chi connectivity index (χ4n) is 7.93. The molecule has 2 aliphatic heterocycles. The van der Waals surface area contributed by atoms with Crippen LogP contribution in [-0.2, 0) is 11.3 Å². The minimum Gasteiger partial charge on any atom is -0.480 e. The highest BCUT2D eigenvalue weighted by Crippen LogP contribution is 2.39. The van der Waals surface area contributed by atoms with Gasteiger partial charge in [-0.15, -0.1) is 6.58 Å². The third-order valence-electron chi connectivity index (χ3n) is 9.88. The van der Waals surface area contributed by atoms with E-state index < -0.39 is 5.97 Å². The molecule has 3 unspecified atom stereocenters. The second-order valence-corrected chi connectivity index (χ2v) is 12.3. The number of allylic oxidation sites excluding steroid dienone is 1. The number of carboxylic acid groups (broad SMARTS) is 1. The van der Waals surface area contributed by atoms with Crippen LogP contribution >= 0.6 is 0 Å². The molecule has 3 heterocycles. The second kappa shape index (κ2) is 12.3. The number of aromatic nitrogens is 2. The van der Waals surface area contributed by atoms with Crippen molar-refractivity contribution in [2.75, 3.05) is 32.7 Å². The smallest absolute Gasteiger partial charge is 0.321 e. The average Bonchev–Trinajstić information content (AvgIpc) is 3.56. The minimum atomic E-state index is -0.623. The van der Waals surface area contributed by atoms with Crippen LogP contribution in [0, 0.1) is 11.8 Å². The zero-order valence-corrected chi connectivity index (χ0v) is 23.7. The van der Waals surface area contributed by atoms with E-state index in [9.17, 15) is 9.90 Å². The molecule has 6 heteroatoms. The molecule has 1 aliphatic carbocycles. The summed E-state index contributed by atoms with van der Waals surface area (Å²) >= 11 is 0. The number of rotatable bonds is 9. The molecule has 1 N–H and O–H groups in total. The lowest BCUT2D eigenvalue weighted by Crippen LogP contribution is -2.46. The van der Waals surface area contributed by atoms with Crippen molar-refractivity contribution in [2.45, 2.75) is 69.4 Å². The van der Waals surface area contributed by atoms with Crippen molar-refractivity contribution in [1.29, 1.82) is 0 Å². The highest BCUT2D eigenvalue weighted by Gasteiger charge is 2.43. The van der Waals surface area contributed by atoms with Crippen LogP contribution < -0.4 is 0 Å². The zero-order valence-electron chi connectivity index (χ0n) is 23.7. The van der Waals surface area contributed by atoms with Gasteiger partial charge in [-0.2, -0.15) is 0 Å². The highest BCUT2D eigenvalue weighted by atomic mass is 16.4. The molecule has 0 radical (unpaired) electrons. The summed E-state index contributed by atoms with van der Waals surface area (Å²) in [6, 6.07) is 18.9. The van der Waals surface area contributed by atoms with Crippen LogP contribution in [0.4, 0.5) is 0 Å². The normalized spacial score (nSPS) is 24.4. The van der Waals surface area contributed by atoms with Crippen LogP contribution in [0.15, 0.2) is 67.3 Å². The van der Waals surface area contributed by atoms with E-state index in [1.807, 2.05) is 6.08 Å². The van der Waals surface area contributed by atoms with Gasteiger partial charge in [0.25, 0.3) is 0 Å². The molecule has 3 aliphatic rings. The van der Waals surface area contributed by atoms with Gasteiger partial charge in [0.1, 0.15) is 11.9 Å². The average molecular weight is 541 g/mol. The van der Waals surface area contributed by atoms with E-state index >= 15 is 0 Å². The van der Waals surface area contributed by atoms with Gasteiger partial charge in [-0.3, -0.25) is 9.69 Å². The number of carboxylic acids is 1. The van der Waals surface area contributed by atoms with Crippen LogP contribution in [0.3, 0.4) is 0 Å². The quantitative estimate of drug-likeness (QED) is 0.330. The molecule has 3 fully saturated rings. The Morgan fingerprint density at radius 1 is 0.975 bits per heavy atom. The van der Waals surface area contributed by atoms with Crippen molar-refractivity contribution < 1.29 is 9.90 Å². The van der Waals surface area contributed by atoms with Gasteiger partial charge in [-0.05, 0) is 68.3 Å². The summed E-state index contributed by atoms with van der Waals surface area (Å²) in [7, 11) is 0. The van der Waals surface area contributed by atoms with E-state index in [1.54, 1.807) is 0 Å². The Morgan fingerprint density at radius 3 is 2.42 bits per heavy atom. The summed E-state index contributed by atoms with van der Waals surface area (Å²) < 4.78 is 2.35. The monoisotopic (exact) mass is 540 g/mol. The lowest BCUT2D eigenvalue weighted by atomic mass is 9.83. The highest BCUT2D eigenvalue weighted by molar-refractivity contribution is 5.76. The SMILES string of the molecule is C=CCn1c(C2CCN(CC3CN(C(C(=O)O)C4CCCCC4)CC3c3ccccc3)CC2)nc2ccccc21. The van der Waals surface area contributed by atoms with Crippen molar-refractivity contribution in [3.05, 3.63) is 78.6 Å². The fraction of sp³-hybridized carbons (Fsp3) is 0.529. The molecule has 6 nitrogen and oxygen atoms in total. The van der Waals surface area contributed by atoms with Crippen LogP contribution in [0.25, 0.3) is 11.0 Å². The number of aliphatic carboxylic acids is 1. The first kappa shape index (κ1) is 27.2. The molecular weight excluding hydrogens is 496 g/mol. The topological polar surface area (TPSA) is 61.6 Å². The van der Waals surface area contributed by atoms with E-state index in [0.717, 1.165) is 70.5 Å². The standard InChI is InChI=1S/C34H44N4O2/c1-2-19-38-31-16-10-9-15-30(31)35-33(38)27-17-20-36(21-18-27)22-28-23-37(24-29(28)25-11-5-3-6-12-25)32(34(39)40)26-13-7-4-8-14-26/h2-3,5-6,9-12,15-16,26-29,32H,1,4,7-8,13-14,17-24H2,(H,39,40).